The molecule has 3 N–H and O–H groups in total. The largest absolute Gasteiger partial charge is 0.391 e. The summed E-state index contributed by atoms with van der Waals surface area (Å²) in [5.74, 6) is 0.186. The Labute approximate surface area is 96.8 Å². The molecule has 16 heavy (non-hydrogen) atoms. The van der Waals surface area contributed by atoms with Gasteiger partial charge in [-0.25, -0.2) is 0 Å². The number of aliphatic hydroxyl groups is 1. The Hall–Kier alpha value is -0.610. The van der Waals surface area contributed by atoms with Crippen LogP contribution < -0.4 is 5.73 Å². The van der Waals surface area contributed by atoms with Crippen molar-refractivity contribution >= 4 is 5.91 Å². The molecule has 4 heteroatoms. The lowest BCUT2D eigenvalue weighted by atomic mass is 9.73. The van der Waals surface area contributed by atoms with E-state index in [-0.39, 0.29) is 17.4 Å². The number of aliphatic hydroxyl groups excluding tert-OH is 1. The second-order valence-corrected chi connectivity index (χ2v) is 5.24. The summed E-state index contributed by atoms with van der Waals surface area (Å²) in [6.45, 7) is 1.65. The molecule has 0 bridgehead atoms. The van der Waals surface area contributed by atoms with Crippen LogP contribution in [0, 0.1) is 5.41 Å². The highest BCUT2D eigenvalue weighted by atomic mass is 16.3. The van der Waals surface area contributed by atoms with Crippen LogP contribution in [0.5, 0.6) is 0 Å². The van der Waals surface area contributed by atoms with Crippen LogP contribution in [0.4, 0.5) is 0 Å². The zero-order valence-corrected chi connectivity index (χ0v) is 9.82. The molecule has 1 saturated carbocycles. The van der Waals surface area contributed by atoms with Crippen LogP contribution in [0.15, 0.2) is 0 Å². The van der Waals surface area contributed by atoms with E-state index < -0.39 is 0 Å². The third-order valence-electron chi connectivity index (χ3n) is 4.11. The van der Waals surface area contributed by atoms with Gasteiger partial charge in [0.25, 0.3) is 0 Å². The first-order chi connectivity index (χ1) is 7.68. The van der Waals surface area contributed by atoms with Crippen molar-refractivity contribution in [2.24, 2.45) is 11.1 Å². The minimum Gasteiger partial charge on any atom is -0.391 e. The van der Waals surface area contributed by atoms with Gasteiger partial charge in [-0.2, -0.15) is 0 Å². The van der Waals surface area contributed by atoms with Gasteiger partial charge < -0.3 is 15.7 Å². The molecule has 1 atom stereocenters. The molecular weight excluding hydrogens is 204 g/mol. The second kappa shape index (κ2) is 4.72. The van der Waals surface area contributed by atoms with Crippen LogP contribution in [-0.4, -0.2) is 41.7 Å². The lowest BCUT2D eigenvalue weighted by Crippen LogP contribution is -2.48. The fourth-order valence-corrected chi connectivity index (χ4v) is 3.00. The minimum absolute atomic E-state index is 0.186. The van der Waals surface area contributed by atoms with E-state index in [1.54, 1.807) is 0 Å². The summed E-state index contributed by atoms with van der Waals surface area (Å²) in [4.78, 5) is 14.2. The first-order valence-corrected chi connectivity index (χ1v) is 6.35. The fraction of sp³-hybridized carbons (Fsp3) is 0.917. The molecule has 0 aromatic heterocycles. The van der Waals surface area contributed by atoms with Gasteiger partial charge in [-0.05, 0) is 19.3 Å². The molecule has 0 aromatic carbocycles. The van der Waals surface area contributed by atoms with Crippen LogP contribution in [0.1, 0.15) is 38.5 Å². The molecule has 1 aliphatic carbocycles. The Morgan fingerprint density at radius 1 is 1.38 bits per heavy atom. The molecule has 4 nitrogen and oxygen atoms in total. The predicted octanol–water partition coefficient (Wildman–Crippen LogP) is 0.489. The molecule has 1 saturated heterocycles. The molecule has 0 aromatic rings. The number of hydrogen-bond donors (Lipinski definition) is 2. The smallest absolute Gasteiger partial charge is 0.230 e. The van der Waals surface area contributed by atoms with Crippen molar-refractivity contribution in [1.82, 2.24) is 4.90 Å². The molecule has 0 spiro atoms. The van der Waals surface area contributed by atoms with E-state index in [0.29, 0.717) is 26.1 Å². The van der Waals surface area contributed by atoms with Gasteiger partial charge in [0.2, 0.25) is 5.91 Å². The first kappa shape index (κ1) is 11.9. The highest BCUT2D eigenvalue weighted by Gasteiger charge is 2.42. The van der Waals surface area contributed by atoms with E-state index in [1.165, 1.54) is 6.42 Å². The van der Waals surface area contributed by atoms with Crippen LogP contribution in [-0.2, 0) is 4.79 Å². The maximum absolute atomic E-state index is 12.4. The molecule has 1 aliphatic heterocycles. The minimum atomic E-state index is -0.331. The lowest BCUT2D eigenvalue weighted by molar-refractivity contribution is -0.142. The molecule has 1 unspecified atom stereocenters. The predicted molar refractivity (Wildman–Crippen MR) is 61.8 cm³/mol. The number of amides is 1. The van der Waals surface area contributed by atoms with Crippen LogP contribution >= 0.6 is 0 Å². The van der Waals surface area contributed by atoms with E-state index in [2.05, 4.69) is 0 Å². The molecule has 2 fully saturated rings. The lowest BCUT2D eigenvalue weighted by Gasteiger charge is -2.37. The van der Waals surface area contributed by atoms with E-state index in [1.807, 2.05) is 4.90 Å². The van der Waals surface area contributed by atoms with Crippen LogP contribution in [0.25, 0.3) is 0 Å². The van der Waals surface area contributed by atoms with Gasteiger partial charge in [-0.1, -0.05) is 19.3 Å². The summed E-state index contributed by atoms with van der Waals surface area (Å²) in [7, 11) is 0. The van der Waals surface area contributed by atoms with Crippen LogP contribution in [0.2, 0.25) is 0 Å². The zero-order valence-electron chi connectivity index (χ0n) is 9.82. The zero-order chi connectivity index (χ0) is 11.6. The Bertz CT molecular complexity index is 262. The van der Waals surface area contributed by atoms with Gasteiger partial charge in [-0.15, -0.1) is 0 Å². The molecule has 2 rings (SSSR count). The van der Waals surface area contributed by atoms with Crippen molar-refractivity contribution in [3.63, 3.8) is 0 Å². The number of carbonyl (C=O) groups is 1. The number of nitrogens with two attached hydrogens (primary N) is 1. The van der Waals surface area contributed by atoms with E-state index in [4.69, 9.17) is 5.73 Å². The van der Waals surface area contributed by atoms with Crippen molar-refractivity contribution in [3.05, 3.63) is 0 Å². The van der Waals surface area contributed by atoms with Crippen molar-refractivity contribution in [3.8, 4) is 0 Å². The summed E-state index contributed by atoms with van der Waals surface area (Å²) >= 11 is 0. The monoisotopic (exact) mass is 226 g/mol. The summed E-state index contributed by atoms with van der Waals surface area (Å²) < 4.78 is 0. The van der Waals surface area contributed by atoms with Crippen molar-refractivity contribution in [2.75, 3.05) is 19.6 Å². The fourth-order valence-electron chi connectivity index (χ4n) is 3.00. The van der Waals surface area contributed by atoms with Gasteiger partial charge in [0.15, 0.2) is 0 Å². The number of rotatable bonds is 2. The molecule has 0 radical (unpaired) electrons. The van der Waals surface area contributed by atoms with E-state index in [0.717, 1.165) is 25.7 Å². The molecule has 1 amide bonds. The standard InChI is InChI=1S/C12H22N2O2/c13-9-12(5-2-1-3-6-12)11(16)14-7-4-10(15)8-14/h10,15H,1-9,13H2. The average molecular weight is 226 g/mol. The average Bonchev–Trinajstić information content (AvgIpc) is 2.76. The topological polar surface area (TPSA) is 66.6 Å². The molecule has 2 aliphatic rings. The number of hydrogen-bond acceptors (Lipinski definition) is 3. The maximum atomic E-state index is 12.4. The van der Waals surface area contributed by atoms with Gasteiger partial charge >= 0.3 is 0 Å². The van der Waals surface area contributed by atoms with Crippen molar-refractivity contribution in [1.29, 1.82) is 0 Å². The quantitative estimate of drug-likeness (QED) is 0.720. The summed E-state index contributed by atoms with van der Waals surface area (Å²) in [6.07, 6.45) is 5.68. The summed E-state index contributed by atoms with van der Waals surface area (Å²) in [6, 6.07) is 0. The van der Waals surface area contributed by atoms with Crippen molar-refractivity contribution in [2.45, 2.75) is 44.6 Å². The van der Waals surface area contributed by atoms with E-state index >= 15 is 0 Å². The molecule has 92 valence electrons. The normalized spacial score (nSPS) is 29.4. The Kier molecular flexibility index (Phi) is 3.50. The Morgan fingerprint density at radius 2 is 2.06 bits per heavy atom. The SMILES string of the molecule is NCC1(C(=O)N2CCC(O)C2)CCCCC1. The third-order valence-corrected chi connectivity index (χ3v) is 4.11. The van der Waals surface area contributed by atoms with Gasteiger partial charge in [0.1, 0.15) is 0 Å². The highest BCUT2D eigenvalue weighted by molar-refractivity contribution is 5.83. The van der Waals surface area contributed by atoms with E-state index in [9.17, 15) is 9.90 Å². The number of β-amino-alcohol motifs (C(OH)–C–C–N with tert-alkyl or cyclic N) is 1. The van der Waals surface area contributed by atoms with Gasteiger partial charge in [-0.3, -0.25) is 4.79 Å². The highest BCUT2D eigenvalue weighted by Crippen LogP contribution is 2.37. The molecular formula is C12H22N2O2. The number of nitrogens with zero attached hydrogens (tertiary/aromatic N) is 1. The first-order valence-electron chi connectivity index (χ1n) is 6.35. The summed E-state index contributed by atoms with van der Waals surface area (Å²) in [5.41, 5.74) is 5.51. The van der Waals surface area contributed by atoms with Crippen molar-refractivity contribution < 1.29 is 9.90 Å². The van der Waals surface area contributed by atoms with Crippen LogP contribution in [0.3, 0.4) is 0 Å². The number of carbonyl (C=O) groups excluding carboxylic acids is 1. The number of likely N-dealkylation sites (tertiary alicyclic amines) is 1. The maximum Gasteiger partial charge on any atom is 0.230 e. The Balaban J connectivity index is 2.05. The molecule has 1 heterocycles. The second-order valence-electron chi connectivity index (χ2n) is 5.24. The third kappa shape index (κ3) is 2.09. The summed E-state index contributed by atoms with van der Waals surface area (Å²) in [5, 5.41) is 9.48. The van der Waals surface area contributed by atoms with Gasteiger partial charge in [0.05, 0.1) is 11.5 Å². The van der Waals surface area contributed by atoms with Gasteiger partial charge in [0, 0.05) is 19.6 Å². The Morgan fingerprint density at radius 3 is 2.56 bits per heavy atom.